The number of H-pyrrole nitrogens is 1. The molecular weight excluding hydrogens is 610 g/mol. The zero-order chi connectivity index (χ0) is 32.8. The number of hydrogen-bond acceptors (Lipinski definition) is 11. The number of aromatic nitrogens is 6. The van der Waals surface area contributed by atoms with Crippen LogP contribution in [0.25, 0.3) is 33.5 Å². The first-order valence-electron chi connectivity index (χ1n) is 14.9. The molecule has 242 valence electrons. The number of aliphatic carboxylic acids is 1. The molecule has 2 aromatic heterocycles. The van der Waals surface area contributed by atoms with Crippen molar-refractivity contribution in [3.8, 4) is 28.5 Å². The van der Waals surface area contributed by atoms with Crippen LogP contribution >= 0.6 is 0 Å². The van der Waals surface area contributed by atoms with Gasteiger partial charge in [-0.05, 0) is 53.8 Å². The third-order valence-electron chi connectivity index (χ3n) is 7.71. The number of ether oxygens (including phenoxy) is 2. The summed E-state index contributed by atoms with van der Waals surface area (Å²) in [6.45, 7) is 2.26. The van der Waals surface area contributed by atoms with E-state index >= 15 is 0 Å². The summed E-state index contributed by atoms with van der Waals surface area (Å²) in [6.07, 6.45) is 1.01. The van der Waals surface area contributed by atoms with Gasteiger partial charge in [0.15, 0.2) is 0 Å². The molecule has 0 spiro atoms. The third-order valence-corrected chi connectivity index (χ3v) is 7.71. The van der Waals surface area contributed by atoms with Crippen molar-refractivity contribution in [3.63, 3.8) is 0 Å². The van der Waals surface area contributed by atoms with Crippen LogP contribution in [0.1, 0.15) is 35.7 Å². The number of benzene rings is 3. The maximum absolute atomic E-state index is 13.2. The number of carboxylic acids is 1. The fourth-order valence-corrected chi connectivity index (χ4v) is 5.49. The fraction of sp³-hybridized carbons (Fsp3) is 0.290. The molecule has 3 aromatic carbocycles. The van der Waals surface area contributed by atoms with Crippen molar-refractivity contribution in [2.24, 2.45) is 11.2 Å². The lowest BCUT2D eigenvalue weighted by atomic mass is 9.98. The number of para-hydroxylation sites is 1. The summed E-state index contributed by atoms with van der Waals surface area (Å²) in [5, 5.41) is 40.6. The Morgan fingerprint density at radius 1 is 1.11 bits per heavy atom. The minimum atomic E-state index is -0.974. The minimum Gasteiger partial charge on any atom is -0.569 e. The lowest BCUT2D eigenvalue weighted by Gasteiger charge is -2.26. The molecular formula is C31H31N9O7. The van der Waals surface area contributed by atoms with Gasteiger partial charge >= 0.3 is 11.9 Å². The highest BCUT2D eigenvalue weighted by Gasteiger charge is 2.30. The number of esters is 1. The topological polar surface area (TPSA) is 196 Å². The van der Waals surface area contributed by atoms with E-state index in [9.17, 15) is 19.9 Å². The molecule has 1 aliphatic heterocycles. The van der Waals surface area contributed by atoms with Crippen molar-refractivity contribution in [1.82, 2.24) is 35.2 Å². The van der Waals surface area contributed by atoms with E-state index in [0.717, 1.165) is 22.3 Å². The molecule has 1 saturated heterocycles. The van der Waals surface area contributed by atoms with Crippen LogP contribution in [0.15, 0.2) is 72.0 Å². The number of nitrogens with zero attached hydrogens (tertiary/aromatic N) is 8. The zero-order valence-corrected chi connectivity index (χ0v) is 25.4. The van der Waals surface area contributed by atoms with Gasteiger partial charge in [0.05, 0.1) is 53.7 Å². The van der Waals surface area contributed by atoms with Crippen LogP contribution < -0.4 is 4.74 Å². The SMILES string of the molecule is CCOc1nc2cccc(C(=O)OCO/N=[N+](\[O-])N3CCCC(C(=O)O)C3)c2n1Cc1ccc(-c2ccccc2-c2nn[nH]n2)cc1. The predicted molar refractivity (Wildman–Crippen MR) is 164 cm³/mol. The number of fused-ring (bicyclic) bond motifs is 1. The highest BCUT2D eigenvalue weighted by molar-refractivity contribution is 6.02. The normalized spacial score (nSPS) is 15.0. The second-order valence-electron chi connectivity index (χ2n) is 10.7. The third kappa shape index (κ3) is 6.80. The molecule has 47 heavy (non-hydrogen) atoms. The summed E-state index contributed by atoms with van der Waals surface area (Å²) < 4.78 is 12.9. The quantitative estimate of drug-likeness (QED) is 0.0496. The number of hydrazine groups is 1. The number of carbonyl (C=O) groups is 2. The van der Waals surface area contributed by atoms with Gasteiger partial charge in [-0.25, -0.2) is 4.79 Å². The molecule has 1 unspecified atom stereocenters. The first kappa shape index (κ1) is 30.9. The van der Waals surface area contributed by atoms with Crippen LogP contribution in [-0.4, -0.2) is 83.7 Å². The summed E-state index contributed by atoms with van der Waals surface area (Å²) in [7, 11) is 0. The summed E-state index contributed by atoms with van der Waals surface area (Å²) in [4.78, 5) is 34.2. The number of piperidine rings is 1. The van der Waals surface area contributed by atoms with E-state index in [1.165, 1.54) is 5.01 Å². The van der Waals surface area contributed by atoms with E-state index in [1.54, 1.807) is 22.8 Å². The number of rotatable bonds is 12. The zero-order valence-electron chi connectivity index (χ0n) is 25.4. The number of hydrogen-bond donors (Lipinski definition) is 2. The summed E-state index contributed by atoms with van der Waals surface area (Å²) >= 11 is 0. The van der Waals surface area contributed by atoms with Crippen molar-refractivity contribution in [1.29, 1.82) is 0 Å². The van der Waals surface area contributed by atoms with Gasteiger partial charge in [-0.15, -0.1) is 15.2 Å². The Morgan fingerprint density at radius 3 is 2.66 bits per heavy atom. The van der Waals surface area contributed by atoms with Gasteiger partial charge < -0.3 is 24.6 Å². The molecule has 0 amide bonds. The Morgan fingerprint density at radius 2 is 1.91 bits per heavy atom. The standard InChI is InChI=1S/C31H31N9O7/c1-2-45-31-32-26-11-5-10-25(30(43)46-19-47-37-40(44)38-16-6-7-22(18-38)29(41)42)27(26)39(31)17-20-12-14-21(15-13-20)23-8-3-4-9-24(23)28-33-35-36-34-28/h3-5,8-15,22H,2,6-7,16-19H2,1H3,(H,41,42)(H,33,34,35,36)/b40-37-. The molecule has 0 radical (unpaired) electrons. The average Bonchev–Trinajstić information content (AvgIpc) is 3.76. The maximum atomic E-state index is 13.2. The molecule has 2 N–H and O–H groups in total. The highest BCUT2D eigenvalue weighted by atomic mass is 16.8. The van der Waals surface area contributed by atoms with Gasteiger partial charge in [-0.1, -0.05) is 54.6 Å². The Hall–Kier alpha value is -6.06. The van der Waals surface area contributed by atoms with Crippen molar-refractivity contribution in [2.45, 2.75) is 26.3 Å². The summed E-state index contributed by atoms with van der Waals surface area (Å²) in [6, 6.07) is 21.1. The van der Waals surface area contributed by atoms with Gasteiger partial charge in [0.25, 0.3) is 12.8 Å². The molecule has 16 nitrogen and oxygen atoms in total. The first-order chi connectivity index (χ1) is 22.9. The van der Waals surface area contributed by atoms with Crippen molar-refractivity contribution >= 4 is 23.0 Å². The molecule has 1 atom stereocenters. The second kappa shape index (κ2) is 13.9. The van der Waals surface area contributed by atoms with Gasteiger partial charge in [0.1, 0.15) is 0 Å². The Balaban J connectivity index is 1.19. The fourth-order valence-electron chi connectivity index (χ4n) is 5.49. The smallest absolute Gasteiger partial charge is 0.343 e. The number of tetrazole rings is 1. The summed E-state index contributed by atoms with van der Waals surface area (Å²) in [5.74, 6) is -1.86. The van der Waals surface area contributed by atoms with E-state index in [1.807, 2.05) is 55.5 Å². The molecule has 1 fully saturated rings. The van der Waals surface area contributed by atoms with Crippen molar-refractivity contribution < 1.29 is 34.0 Å². The van der Waals surface area contributed by atoms with Crippen molar-refractivity contribution in [3.05, 3.63) is 83.1 Å². The van der Waals surface area contributed by atoms with Gasteiger partial charge in [0.2, 0.25) is 11.1 Å². The minimum absolute atomic E-state index is 0.00983. The van der Waals surface area contributed by atoms with Gasteiger partial charge in [-0.3, -0.25) is 9.36 Å². The van der Waals surface area contributed by atoms with Gasteiger partial charge in [0, 0.05) is 5.56 Å². The van der Waals surface area contributed by atoms with Crippen LogP contribution in [0, 0.1) is 11.1 Å². The van der Waals surface area contributed by atoms with Crippen LogP contribution in [-0.2, 0) is 20.9 Å². The van der Waals surface area contributed by atoms with Crippen LogP contribution in [0.5, 0.6) is 6.01 Å². The predicted octanol–water partition coefficient (Wildman–Crippen LogP) is 4.05. The Kier molecular flexibility index (Phi) is 9.17. The molecule has 3 heterocycles. The van der Waals surface area contributed by atoms with Crippen LogP contribution in [0.3, 0.4) is 0 Å². The highest BCUT2D eigenvalue weighted by Crippen LogP contribution is 2.31. The molecule has 0 saturated carbocycles. The van der Waals surface area contributed by atoms with Crippen LogP contribution in [0.2, 0.25) is 0 Å². The number of aromatic amines is 1. The summed E-state index contributed by atoms with van der Waals surface area (Å²) in [5.41, 5.74) is 4.93. The second-order valence-corrected chi connectivity index (χ2v) is 10.7. The lowest BCUT2D eigenvalue weighted by molar-refractivity contribution is -0.714. The average molecular weight is 642 g/mol. The molecule has 0 aliphatic carbocycles. The maximum Gasteiger partial charge on any atom is 0.343 e. The first-order valence-corrected chi connectivity index (χ1v) is 14.9. The molecule has 5 aromatic rings. The Labute approximate surface area is 267 Å². The van der Waals surface area contributed by atoms with Gasteiger partial charge in [-0.2, -0.15) is 10.2 Å². The molecule has 1 aliphatic rings. The molecule has 6 rings (SSSR count). The van der Waals surface area contributed by atoms with Crippen molar-refractivity contribution in [2.75, 3.05) is 26.5 Å². The van der Waals surface area contributed by atoms with E-state index in [4.69, 9.17) is 14.3 Å². The lowest BCUT2D eigenvalue weighted by Crippen LogP contribution is -2.42. The number of carboxylic acid groups (broad SMARTS) is 1. The van der Waals surface area contributed by atoms with E-state index in [0.29, 0.717) is 55.4 Å². The largest absolute Gasteiger partial charge is 0.569 e. The number of nitrogens with one attached hydrogen (secondary N) is 1. The van der Waals surface area contributed by atoms with E-state index < -0.39 is 24.6 Å². The number of imidazole rings is 1. The molecule has 16 heteroatoms. The Bertz CT molecular complexity index is 1890. The van der Waals surface area contributed by atoms with Crippen LogP contribution in [0.4, 0.5) is 0 Å². The van der Waals surface area contributed by atoms with E-state index in [2.05, 4.69) is 30.9 Å². The molecule has 0 bridgehead atoms. The monoisotopic (exact) mass is 641 g/mol. The number of carbonyl (C=O) groups excluding carboxylic acids is 1. The van der Waals surface area contributed by atoms with E-state index in [-0.39, 0.29) is 17.1 Å².